The standard InChI is InChI=1S/C16H30N2O3/c1-10(2)7-13(18-15(20)21-16(4,5)6)14(19)17-9-12-8-11(12)3/h10-13H,7-9H2,1-6H3,(H,17,19)(H,18,20). The van der Waals surface area contributed by atoms with Crippen LogP contribution in [-0.4, -0.2) is 30.2 Å². The number of ether oxygens (including phenoxy) is 1. The Morgan fingerprint density at radius 3 is 2.29 bits per heavy atom. The number of amides is 2. The van der Waals surface area contributed by atoms with E-state index in [-0.39, 0.29) is 5.91 Å². The third-order valence-electron chi connectivity index (χ3n) is 3.53. The molecule has 1 saturated carbocycles. The maximum Gasteiger partial charge on any atom is 0.408 e. The van der Waals surface area contributed by atoms with Gasteiger partial charge in [-0.2, -0.15) is 0 Å². The van der Waals surface area contributed by atoms with E-state index in [1.54, 1.807) is 20.8 Å². The molecule has 2 N–H and O–H groups in total. The Labute approximate surface area is 128 Å². The second kappa shape index (κ2) is 7.14. The summed E-state index contributed by atoms with van der Waals surface area (Å²) in [6.45, 7) is 12.3. The Hall–Kier alpha value is -1.26. The fraction of sp³-hybridized carbons (Fsp3) is 0.875. The minimum absolute atomic E-state index is 0.117. The molecule has 1 aliphatic rings. The van der Waals surface area contributed by atoms with Gasteiger partial charge in [0, 0.05) is 6.54 Å². The summed E-state index contributed by atoms with van der Waals surface area (Å²) >= 11 is 0. The highest BCUT2D eigenvalue weighted by molar-refractivity contribution is 5.85. The van der Waals surface area contributed by atoms with E-state index in [4.69, 9.17) is 4.74 Å². The summed E-state index contributed by atoms with van der Waals surface area (Å²) in [5, 5.41) is 5.63. The van der Waals surface area contributed by atoms with Crippen molar-refractivity contribution in [1.29, 1.82) is 0 Å². The van der Waals surface area contributed by atoms with Crippen LogP contribution < -0.4 is 10.6 Å². The van der Waals surface area contributed by atoms with E-state index in [2.05, 4.69) is 17.6 Å². The van der Waals surface area contributed by atoms with Crippen LogP contribution in [0.3, 0.4) is 0 Å². The van der Waals surface area contributed by atoms with Crippen LogP contribution in [0.4, 0.5) is 4.79 Å². The molecule has 0 radical (unpaired) electrons. The van der Waals surface area contributed by atoms with Crippen LogP contribution in [-0.2, 0) is 9.53 Å². The SMILES string of the molecule is CC(C)CC(NC(=O)OC(C)(C)C)C(=O)NCC1CC1C. The monoisotopic (exact) mass is 298 g/mol. The Morgan fingerprint density at radius 1 is 1.29 bits per heavy atom. The van der Waals surface area contributed by atoms with Gasteiger partial charge < -0.3 is 15.4 Å². The quantitative estimate of drug-likeness (QED) is 0.792. The molecule has 0 aromatic rings. The van der Waals surface area contributed by atoms with E-state index >= 15 is 0 Å². The fourth-order valence-electron chi connectivity index (χ4n) is 2.19. The summed E-state index contributed by atoms with van der Waals surface area (Å²) in [6, 6.07) is -0.533. The van der Waals surface area contributed by atoms with Gasteiger partial charge in [0.05, 0.1) is 0 Å². The van der Waals surface area contributed by atoms with Crippen molar-refractivity contribution in [2.75, 3.05) is 6.54 Å². The number of rotatable bonds is 6. The molecule has 0 aliphatic heterocycles. The molecule has 2 amide bonds. The molecule has 122 valence electrons. The van der Waals surface area contributed by atoms with Crippen LogP contribution in [0.1, 0.15) is 54.4 Å². The van der Waals surface area contributed by atoms with Crippen molar-refractivity contribution in [2.45, 2.75) is 66.0 Å². The first-order valence-electron chi connectivity index (χ1n) is 7.85. The molecular formula is C16H30N2O3. The van der Waals surface area contributed by atoms with Crippen LogP contribution in [0.15, 0.2) is 0 Å². The highest BCUT2D eigenvalue weighted by Crippen LogP contribution is 2.36. The van der Waals surface area contributed by atoms with Gasteiger partial charge in [-0.15, -0.1) is 0 Å². The van der Waals surface area contributed by atoms with Crippen LogP contribution in [0.2, 0.25) is 0 Å². The highest BCUT2D eigenvalue weighted by atomic mass is 16.6. The molecule has 1 rings (SSSR count). The first-order valence-corrected chi connectivity index (χ1v) is 7.85. The number of hydrogen-bond donors (Lipinski definition) is 2. The van der Waals surface area contributed by atoms with E-state index in [9.17, 15) is 9.59 Å². The van der Waals surface area contributed by atoms with Gasteiger partial charge in [-0.25, -0.2) is 4.79 Å². The molecule has 0 aromatic heterocycles. The van der Waals surface area contributed by atoms with Crippen molar-refractivity contribution in [3.05, 3.63) is 0 Å². The highest BCUT2D eigenvalue weighted by Gasteiger charge is 2.33. The fourth-order valence-corrected chi connectivity index (χ4v) is 2.19. The van der Waals surface area contributed by atoms with Gasteiger partial charge in [-0.3, -0.25) is 4.79 Å². The maximum absolute atomic E-state index is 12.2. The van der Waals surface area contributed by atoms with Gasteiger partial charge >= 0.3 is 6.09 Å². The zero-order valence-electron chi connectivity index (χ0n) is 14.2. The molecule has 1 fully saturated rings. The van der Waals surface area contributed by atoms with Crippen molar-refractivity contribution in [3.63, 3.8) is 0 Å². The number of hydrogen-bond acceptors (Lipinski definition) is 3. The summed E-state index contributed by atoms with van der Waals surface area (Å²) < 4.78 is 5.22. The summed E-state index contributed by atoms with van der Waals surface area (Å²) in [5.74, 6) is 1.49. The molecule has 21 heavy (non-hydrogen) atoms. The third kappa shape index (κ3) is 7.34. The van der Waals surface area contributed by atoms with Crippen LogP contribution in [0.25, 0.3) is 0 Å². The predicted octanol–water partition coefficient (Wildman–Crippen LogP) is 2.70. The summed E-state index contributed by atoms with van der Waals surface area (Å²) in [7, 11) is 0. The van der Waals surface area contributed by atoms with Crippen molar-refractivity contribution < 1.29 is 14.3 Å². The third-order valence-corrected chi connectivity index (χ3v) is 3.53. The average molecular weight is 298 g/mol. The van der Waals surface area contributed by atoms with Crippen molar-refractivity contribution in [3.8, 4) is 0 Å². The van der Waals surface area contributed by atoms with Crippen LogP contribution in [0, 0.1) is 17.8 Å². The molecule has 1 aliphatic carbocycles. The zero-order valence-corrected chi connectivity index (χ0v) is 14.2. The minimum Gasteiger partial charge on any atom is -0.444 e. The van der Waals surface area contributed by atoms with Gasteiger partial charge in [-0.1, -0.05) is 20.8 Å². The Bertz CT molecular complexity index is 374. The second-order valence-corrected chi connectivity index (χ2v) is 7.55. The molecule has 0 bridgehead atoms. The molecule has 0 aromatic carbocycles. The van der Waals surface area contributed by atoms with E-state index in [0.29, 0.717) is 30.7 Å². The average Bonchev–Trinajstić information content (AvgIpc) is 2.98. The summed E-state index contributed by atoms with van der Waals surface area (Å²) in [5.41, 5.74) is -0.563. The lowest BCUT2D eigenvalue weighted by Gasteiger charge is -2.24. The lowest BCUT2D eigenvalue weighted by Crippen LogP contribution is -2.49. The van der Waals surface area contributed by atoms with Crippen molar-refractivity contribution in [2.24, 2.45) is 17.8 Å². The summed E-state index contributed by atoms with van der Waals surface area (Å²) in [6.07, 6.45) is 1.24. The maximum atomic E-state index is 12.2. The van der Waals surface area contributed by atoms with Gasteiger partial charge in [0.1, 0.15) is 11.6 Å². The van der Waals surface area contributed by atoms with E-state index in [1.165, 1.54) is 6.42 Å². The Kier molecular flexibility index (Phi) is 6.05. The van der Waals surface area contributed by atoms with E-state index < -0.39 is 17.7 Å². The predicted molar refractivity (Wildman–Crippen MR) is 82.9 cm³/mol. The van der Waals surface area contributed by atoms with E-state index in [1.807, 2.05) is 13.8 Å². The molecule has 3 atom stereocenters. The molecule has 5 heteroatoms. The minimum atomic E-state index is -0.563. The van der Waals surface area contributed by atoms with E-state index in [0.717, 1.165) is 0 Å². The Morgan fingerprint density at radius 2 is 1.86 bits per heavy atom. The van der Waals surface area contributed by atoms with Crippen LogP contribution >= 0.6 is 0 Å². The molecule has 3 unspecified atom stereocenters. The first-order chi connectivity index (χ1) is 9.58. The van der Waals surface area contributed by atoms with Crippen molar-refractivity contribution >= 4 is 12.0 Å². The smallest absolute Gasteiger partial charge is 0.408 e. The topological polar surface area (TPSA) is 67.4 Å². The molecule has 5 nitrogen and oxygen atoms in total. The largest absolute Gasteiger partial charge is 0.444 e. The zero-order chi connectivity index (χ0) is 16.2. The lowest BCUT2D eigenvalue weighted by atomic mass is 10.0. The van der Waals surface area contributed by atoms with Crippen molar-refractivity contribution in [1.82, 2.24) is 10.6 Å². The van der Waals surface area contributed by atoms with Gasteiger partial charge in [0.2, 0.25) is 5.91 Å². The number of nitrogens with one attached hydrogen (secondary N) is 2. The van der Waals surface area contributed by atoms with Crippen LogP contribution in [0.5, 0.6) is 0 Å². The number of carbonyl (C=O) groups excluding carboxylic acids is 2. The van der Waals surface area contributed by atoms with Gasteiger partial charge in [-0.05, 0) is 51.4 Å². The lowest BCUT2D eigenvalue weighted by molar-refractivity contribution is -0.123. The molecule has 0 saturated heterocycles. The summed E-state index contributed by atoms with van der Waals surface area (Å²) in [4.78, 5) is 24.1. The molecule has 0 spiro atoms. The second-order valence-electron chi connectivity index (χ2n) is 7.55. The Balaban J connectivity index is 2.49. The number of carbonyl (C=O) groups is 2. The number of alkyl carbamates (subject to hydrolysis) is 1. The van der Waals surface area contributed by atoms with Gasteiger partial charge in [0.25, 0.3) is 0 Å². The normalized spacial score (nSPS) is 22.6. The van der Waals surface area contributed by atoms with Gasteiger partial charge in [0.15, 0.2) is 0 Å². The molecule has 0 heterocycles. The molecular weight excluding hydrogens is 268 g/mol. The first kappa shape index (κ1) is 17.8.